The standard InChI is InChI=1S/C33H60O8SSi2/c1-12-43(13-2,14-3)40-23-18-24-32(36,20-38-24)27-29(35)33(37)19-22(39-42-11)21(7)25(30(33,8)9)26(28(34)31(23,27)10)41-44(15-4,16-5)17-6/h22-24,26-27,29,35-37H,12-20H2,1-11H3/t22-,23-,24+,26+,27-,29-,31+,32-,33+/m0/s1/i11T. The topological polar surface area (TPSA) is 115 Å². The molecule has 4 aliphatic rings. The summed E-state index contributed by atoms with van der Waals surface area (Å²) in [6.45, 7) is 20.4. The summed E-state index contributed by atoms with van der Waals surface area (Å²) in [7, 11) is -4.71. The molecule has 254 valence electrons. The van der Waals surface area contributed by atoms with Gasteiger partial charge in [-0.25, -0.2) is 0 Å². The Labute approximate surface area is 273 Å². The lowest BCUT2D eigenvalue weighted by Gasteiger charge is -2.68. The molecule has 0 radical (unpaired) electrons. The van der Waals surface area contributed by atoms with Crippen LogP contribution in [-0.2, 0) is 22.6 Å². The highest BCUT2D eigenvalue weighted by atomic mass is 32.2. The van der Waals surface area contributed by atoms with Crippen LogP contribution in [0.25, 0.3) is 0 Å². The molecule has 9 atom stereocenters. The van der Waals surface area contributed by atoms with E-state index in [-0.39, 0.29) is 25.0 Å². The molecule has 0 aromatic carbocycles. The number of rotatable bonds is 12. The van der Waals surface area contributed by atoms with Gasteiger partial charge < -0.3 is 33.1 Å². The first-order valence-corrected chi connectivity index (χ1v) is 22.9. The molecule has 8 nitrogen and oxygen atoms in total. The van der Waals surface area contributed by atoms with Crippen LogP contribution in [0.1, 0.15) is 83.4 Å². The largest absolute Gasteiger partial charge is 0.413 e. The van der Waals surface area contributed by atoms with E-state index in [9.17, 15) is 15.3 Å². The molecule has 0 spiro atoms. The predicted molar refractivity (Wildman–Crippen MR) is 180 cm³/mol. The Kier molecular flexibility index (Phi) is 10.2. The first-order chi connectivity index (χ1) is 21.0. The van der Waals surface area contributed by atoms with Crippen LogP contribution in [0, 0.1) is 16.7 Å². The summed E-state index contributed by atoms with van der Waals surface area (Å²) < 4.78 is 34.2. The zero-order chi connectivity index (χ0) is 33.8. The van der Waals surface area contributed by atoms with Crippen LogP contribution in [0.2, 0.25) is 36.3 Å². The average molecular weight is 675 g/mol. The zero-order valence-corrected chi connectivity index (χ0v) is 31.6. The van der Waals surface area contributed by atoms with E-state index in [0.717, 1.165) is 53.9 Å². The Morgan fingerprint density at radius 2 is 1.52 bits per heavy atom. The lowest BCUT2D eigenvalue weighted by molar-refractivity contribution is -0.342. The SMILES string of the molecule is [3H]CSO[C@H]1C[C@@]2(O)[C@@H](O)[C@@H]3[C@]4(O)CO[C@@H]4C[C@H](O[Si](CC)(CC)CC)[C@@]3(C)C(=O)[C@H](O[Si](CC)(CC)CC)C(=C1C)C2(C)C. The van der Waals surface area contributed by atoms with Gasteiger partial charge in [-0.1, -0.05) is 55.4 Å². The number of ketones is 1. The number of aliphatic hydroxyl groups excluding tert-OH is 1. The smallest absolute Gasteiger partial charge is 0.193 e. The summed E-state index contributed by atoms with van der Waals surface area (Å²) in [6.07, 6.45) is -4.02. The second kappa shape index (κ2) is 12.7. The molecule has 3 N–H and O–H groups in total. The maximum absolute atomic E-state index is 15.7. The van der Waals surface area contributed by atoms with Gasteiger partial charge in [-0.15, -0.1) is 0 Å². The van der Waals surface area contributed by atoms with E-state index in [1.807, 2.05) is 27.7 Å². The van der Waals surface area contributed by atoms with Crippen LogP contribution < -0.4 is 0 Å². The van der Waals surface area contributed by atoms with Gasteiger partial charge in [-0.2, -0.15) is 0 Å². The molecule has 0 unspecified atom stereocenters. The van der Waals surface area contributed by atoms with E-state index in [1.165, 1.54) is 0 Å². The molecule has 3 fully saturated rings. The third-order valence-electron chi connectivity index (χ3n) is 13.2. The summed E-state index contributed by atoms with van der Waals surface area (Å²) in [6, 6.07) is 5.14. The van der Waals surface area contributed by atoms with Crippen molar-refractivity contribution in [2.75, 3.05) is 12.8 Å². The molecule has 0 amide bonds. The summed E-state index contributed by atoms with van der Waals surface area (Å²) in [5, 5.41) is 38.0. The fourth-order valence-electron chi connectivity index (χ4n) is 9.33. The van der Waals surface area contributed by atoms with Gasteiger partial charge in [0.1, 0.15) is 17.3 Å². The van der Waals surface area contributed by atoms with Gasteiger partial charge in [-0.05, 0) is 73.3 Å². The van der Waals surface area contributed by atoms with Crippen molar-refractivity contribution >= 4 is 34.5 Å². The van der Waals surface area contributed by atoms with Crippen molar-refractivity contribution in [2.45, 2.75) is 160 Å². The highest BCUT2D eigenvalue weighted by Gasteiger charge is 2.76. The van der Waals surface area contributed by atoms with Gasteiger partial charge >= 0.3 is 0 Å². The maximum Gasteiger partial charge on any atom is 0.193 e. The monoisotopic (exact) mass is 674 g/mol. The van der Waals surface area contributed by atoms with Crippen LogP contribution in [0.3, 0.4) is 0 Å². The minimum Gasteiger partial charge on any atom is -0.413 e. The van der Waals surface area contributed by atoms with Crippen LogP contribution in [0.4, 0.5) is 0 Å². The minimum atomic E-state index is -2.43. The molecule has 2 bridgehead atoms. The lowest BCUT2D eigenvalue weighted by Crippen LogP contribution is -2.81. The van der Waals surface area contributed by atoms with Crippen molar-refractivity contribution in [2.24, 2.45) is 16.7 Å². The Balaban J connectivity index is 2.06. The second-order valence-corrected chi connectivity index (χ2v) is 24.6. The number of ether oxygens (including phenoxy) is 1. The molecule has 1 saturated heterocycles. The highest BCUT2D eigenvalue weighted by molar-refractivity contribution is 7.93. The molecule has 2 saturated carbocycles. The molecule has 44 heavy (non-hydrogen) atoms. The molecular formula is C33H60O8SSi2. The first-order valence-electron chi connectivity index (χ1n) is 17.7. The van der Waals surface area contributed by atoms with Crippen LogP contribution in [0.5, 0.6) is 0 Å². The number of carbonyl (C=O) groups excluding carboxylic acids is 1. The molecule has 1 heterocycles. The van der Waals surface area contributed by atoms with E-state index in [0.29, 0.717) is 12.0 Å². The summed E-state index contributed by atoms with van der Waals surface area (Å²) in [5.41, 5.74) is -4.32. The highest BCUT2D eigenvalue weighted by Crippen LogP contribution is 2.64. The number of aliphatic hydroxyl groups is 3. The molecule has 0 aromatic heterocycles. The fourth-order valence-corrected chi connectivity index (χ4v) is 15.4. The first kappa shape index (κ1) is 35.2. The van der Waals surface area contributed by atoms with Crippen molar-refractivity contribution in [1.82, 2.24) is 0 Å². The van der Waals surface area contributed by atoms with E-state index in [4.69, 9.17) is 19.1 Å². The number of Topliss-reactive ketones (excluding diaryl/α,β-unsaturated/α-hetero) is 1. The van der Waals surface area contributed by atoms with Crippen LogP contribution in [0.15, 0.2) is 11.1 Å². The summed E-state index contributed by atoms with van der Waals surface area (Å²) >= 11 is 0.983. The number of fused-ring (bicyclic) bond motifs is 5. The number of hydrogen-bond donors (Lipinski definition) is 3. The van der Waals surface area contributed by atoms with Gasteiger partial charge in [0.05, 0.1) is 36.4 Å². The van der Waals surface area contributed by atoms with E-state index in [1.54, 1.807) is 0 Å². The molecule has 0 aromatic rings. The molecular weight excluding hydrogens is 613 g/mol. The molecule has 4 rings (SSSR count). The lowest BCUT2D eigenvalue weighted by atomic mass is 9.45. The average Bonchev–Trinajstić information content (AvgIpc) is 3.02. The van der Waals surface area contributed by atoms with Gasteiger partial charge in [-0.3, -0.25) is 4.79 Å². The summed E-state index contributed by atoms with van der Waals surface area (Å²) in [5.74, 6) is -1.25. The van der Waals surface area contributed by atoms with Gasteiger partial charge in [0.2, 0.25) is 0 Å². The Hall–Kier alpha value is -0.0862. The van der Waals surface area contributed by atoms with Gasteiger partial charge in [0.25, 0.3) is 0 Å². The second-order valence-electron chi connectivity index (χ2n) is 14.7. The number of hydrogen-bond acceptors (Lipinski definition) is 9. The Morgan fingerprint density at radius 3 is 2.00 bits per heavy atom. The quantitative estimate of drug-likeness (QED) is 0.130. The zero-order valence-electron chi connectivity index (χ0n) is 29.8. The van der Waals surface area contributed by atoms with Crippen molar-refractivity contribution in [1.29, 1.82) is 0 Å². The Morgan fingerprint density at radius 1 is 0.977 bits per heavy atom. The Bertz CT molecular complexity index is 1120. The normalized spacial score (nSPS) is 40.8. The fraction of sp³-hybridized carbons (Fsp3) is 0.909. The van der Waals surface area contributed by atoms with Crippen LogP contribution >= 0.6 is 12.0 Å². The molecule has 3 aliphatic carbocycles. The van der Waals surface area contributed by atoms with E-state index >= 15 is 4.79 Å². The van der Waals surface area contributed by atoms with Crippen LogP contribution in [-0.4, -0.2) is 92.3 Å². The van der Waals surface area contributed by atoms with Gasteiger partial charge in [0, 0.05) is 31.8 Å². The van der Waals surface area contributed by atoms with Crippen molar-refractivity contribution < 1.29 is 39.3 Å². The third kappa shape index (κ3) is 5.13. The van der Waals surface area contributed by atoms with E-state index in [2.05, 4.69) is 41.5 Å². The molecule has 11 heteroatoms. The van der Waals surface area contributed by atoms with Gasteiger partial charge in [0.15, 0.2) is 22.4 Å². The van der Waals surface area contributed by atoms with Crippen molar-refractivity contribution in [3.8, 4) is 0 Å². The number of carbonyl (C=O) groups is 1. The van der Waals surface area contributed by atoms with Crippen molar-refractivity contribution in [3.63, 3.8) is 0 Å². The predicted octanol–water partition coefficient (Wildman–Crippen LogP) is 6.01. The molecule has 1 aliphatic heterocycles. The maximum atomic E-state index is 15.7. The van der Waals surface area contributed by atoms with E-state index < -0.39 is 75.1 Å². The summed E-state index contributed by atoms with van der Waals surface area (Å²) in [4.78, 5) is 15.7. The third-order valence-corrected chi connectivity index (χ3v) is 22.8. The van der Waals surface area contributed by atoms with Crippen molar-refractivity contribution in [3.05, 3.63) is 11.1 Å². The minimum absolute atomic E-state index is 0.0250.